The smallest absolute Gasteiger partial charge is 0.220 e. The van der Waals surface area contributed by atoms with Gasteiger partial charge in [-0.25, -0.2) is 4.98 Å². The van der Waals surface area contributed by atoms with Gasteiger partial charge in [0.25, 0.3) is 0 Å². The number of nitrogens with one attached hydrogen (secondary N) is 3. The van der Waals surface area contributed by atoms with Crippen LogP contribution >= 0.6 is 15.9 Å². The van der Waals surface area contributed by atoms with Gasteiger partial charge in [-0.15, -0.1) is 0 Å². The highest BCUT2D eigenvalue weighted by atomic mass is 79.9. The topological polar surface area (TPSA) is 82.7 Å². The Labute approximate surface area is 150 Å². The molecule has 7 heteroatoms. The number of carbonyl (C=O) groups excluding carboxylic acids is 1. The molecule has 2 aromatic rings. The molecule has 0 aliphatic carbocycles. The summed E-state index contributed by atoms with van der Waals surface area (Å²) in [6.45, 7) is 2.53. The van der Waals surface area contributed by atoms with E-state index < -0.39 is 0 Å². The van der Waals surface area contributed by atoms with Crippen molar-refractivity contribution in [2.75, 3.05) is 13.1 Å². The fourth-order valence-electron chi connectivity index (χ4n) is 2.88. The van der Waals surface area contributed by atoms with Crippen LogP contribution < -0.4 is 10.6 Å². The summed E-state index contributed by atoms with van der Waals surface area (Å²) in [6, 6.07) is 7.81. The minimum Gasteiger partial charge on any atom is -0.349 e. The van der Waals surface area contributed by atoms with Gasteiger partial charge in [-0.05, 0) is 50.4 Å². The number of aromatic nitrogens is 3. The lowest BCUT2D eigenvalue weighted by molar-refractivity contribution is -0.121. The number of carbonyl (C=O) groups is 1. The standard InChI is InChI=1S/C17H22BrN5O/c18-14-4-2-13(3-5-14)17-21-15(22-23-17)11-20-16(24)6-1-12-7-9-19-10-8-12/h2-5,12,19H,1,6-11H2,(H,20,24)(H,21,22,23). The van der Waals surface area contributed by atoms with Crippen molar-refractivity contribution in [3.05, 3.63) is 34.6 Å². The molecule has 2 heterocycles. The first-order chi connectivity index (χ1) is 11.7. The first-order valence-electron chi connectivity index (χ1n) is 8.35. The lowest BCUT2D eigenvalue weighted by Gasteiger charge is -2.22. The Bertz CT molecular complexity index is 664. The lowest BCUT2D eigenvalue weighted by Crippen LogP contribution is -2.29. The summed E-state index contributed by atoms with van der Waals surface area (Å²) in [7, 11) is 0. The predicted octanol–water partition coefficient (Wildman–Crippen LogP) is 2.63. The fourth-order valence-corrected chi connectivity index (χ4v) is 3.14. The minimum absolute atomic E-state index is 0.0788. The van der Waals surface area contributed by atoms with Crippen molar-refractivity contribution in [3.63, 3.8) is 0 Å². The lowest BCUT2D eigenvalue weighted by atomic mass is 9.93. The summed E-state index contributed by atoms with van der Waals surface area (Å²) in [5.41, 5.74) is 0.943. The molecule has 1 aliphatic heterocycles. The molecule has 1 amide bonds. The molecule has 1 saturated heterocycles. The highest BCUT2D eigenvalue weighted by Gasteiger charge is 2.14. The molecule has 0 bridgehead atoms. The van der Waals surface area contributed by atoms with Crippen molar-refractivity contribution in [1.82, 2.24) is 25.8 Å². The molecule has 3 rings (SSSR count). The summed E-state index contributed by atoms with van der Waals surface area (Å²) in [5.74, 6) is 2.06. The maximum atomic E-state index is 12.0. The molecule has 1 aromatic heterocycles. The van der Waals surface area contributed by atoms with Gasteiger partial charge in [0.1, 0.15) is 5.82 Å². The van der Waals surface area contributed by atoms with Gasteiger partial charge >= 0.3 is 0 Å². The number of halogens is 1. The normalized spacial score (nSPS) is 15.4. The Morgan fingerprint density at radius 1 is 1.25 bits per heavy atom. The highest BCUT2D eigenvalue weighted by molar-refractivity contribution is 9.10. The number of hydrogen-bond donors (Lipinski definition) is 3. The van der Waals surface area contributed by atoms with Crippen molar-refractivity contribution < 1.29 is 4.79 Å². The SMILES string of the molecule is O=C(CCC1CCNCC1)NCc1nc(-c2ccc(Br)cc2)n[nH]1. The van der Waals surface area contributed by atoms with Crippen molar-refractivity contribution >= 4 is 21.8 Å². The van der Waals surface area contributed by atoms with Crippen LogP contribution in [0, 0.1) is 5.92 Å². The third-order valence-corrected chi connectivity index (χ3v) is 4.85. The zero-order valence-electron chi connectivity index (χ0n) is 13.5. The first kappa shape index (κ1) is 17.1. The van der Waals surface area contributed by atoms with Gasteiger partial charge in [-0.1, -0.05) is 28.1 Å². The molecule has 1 fully saturated rings. The molecule has 0 radical (unpaired) electrons. The summed E-state index contributed by atoms with van der Waals surface area (Å²) in [4.78, 5) is 16.4. The molecular weight excluding hydrogens is 370 g/mol. The third-order valence-electron chi connectivity index (χ3n) is 4.33. The van der Waals surface area contributed by atoms with E-state index in [2.05, 4.69) is 41.7 Å². The van der Waals surface area contributed by atoms with Gasteiger partial charge in [0.15, 0.2) is 5.82 Å². The van der Waals surface area contributed by atoms with Crippen molar-refractivity contribution in [2.45, 2.75) is 32.2 Å². The quantitative estimate of drug-likeness (QED) is 0.706. The molecular formula is C17H22BrN5O. The van der Waals surface area contributed by atoms with Crippen LogP contribution in [0.25, 0.3) is 11.4 Å². The number of hydrogen-bond acceptors (Lipinski definition) is 4. The minimum atomic E-state index is 0.0788. The Morgan fingerprint density at radius 2 is 2.00 bits per heavy atom. The second-order valence-electron chi connectivity index (χ2n) is 6.12. The summed E-state index contributed by atoms with van der Waals surface area (Å²) < 4.78 is 1.02. The van der Waals surface area contributed by atoms with Gasteiger partial charge in [0.2, 0.25) is 5.91 Å². The van der Waals surface area contributed by atoms with Crippen LogP contribution in [-0.2, 0) is 11.3 Å². The monoisotopic (exact) mass is 391 g/mol. The van der Waals surface area contributed by atoms with E-state index in [9.17, 15) is 4.79 Å². The summed E-state index contributed by atoms with van der Waals surface area (Å²) in [6.07, 6.45) is 3.89. The second-order valence-corrected chi connectivity index (χ2v) is 7.04. The number of amides is 1. The van der Waals surface area contributed by atoms with E-state index in [1.165, 1.54) is 12.8 Å². The van der Waals surface area contributed by atoms with Crippen LogP contribution in [0.3, 0.4) is 0 Å². The molecule has 0 unspecified atom stereocenters. The fraction of sp³-hybridized carbons (Fsp3) is 0.471. The van der Waals surface area contributed by atoms with Gasteiger partial charge in [-0.3, -0.25) is 9.89 Å². The second kappa shape index (κ2) is 8.39. The van der Waals surface area contributed by atoms with Gasteiger partial charge in [-0.2, -0.15) is 5.10 Å². The van der Waals surface area contributed by atoms with E-state index in [1.54, 1.807) is 0 Å². The molecule has 1 aliphatic rings. The molecule has 3 N–H and O–H groups in total. The molecule has 0 saturated carbocycles. The Morgan fingerprint density at radius 3 is 2.75 bits per heavy atom. The number of piperidine rings is 1. The van der Waals surface area contributed by atoms with E-state index >= 15 is 0 Å². The Kier molecular flexibility index (Phi) is 5.98. The van der Waals surface area contributed by atoms with Gasteiger partial charge in [0.05, 0.1) is 6.54 Å². The number of aromatic amines is 1. The molecule has 6 nitrogen and oxygen atoms in total. The van der Waals surface area contributed by atoms with Gasteiger partial charge in [0, 0.05) is 16.5 Å². The van der Waals surface area contributed by atoms with Crippen LogP contribution in [0.1, 0.15) is 31.5 Å². The molecule has 0 atom stereocenters. The number of H-pyrrole nitrogens is 1. The number of benzene rings is 1. The summed E-state index contributed by atoms with van der Waals surface area (Å²) >= 11 is 3.41. The highest BCUT2D eigenvalue weighted by Crippen LogP contribution is 2.19. The maximum absolute atomic E-state index is 12.0. The Balaban J connectivity index is 1.44. The summed E-state index contributed by atoms with van der Waals surface area (Å²) in [5, 5.41) is 13.3. The van der Waals surface area contributed by atoms with Crippen LogP contribution in [-0.4, -0.2) is 34.2 Å². The van der Waals surface area contributed by atoms with Crippen molar-refractivity contribution in [2.24, 2.45) is 5.92 Å². The van der Waals surface area contributed by atoms with E-state index in [-0.39, 0.29) is 5.91 Å². The zero-order valence-corrected chi connectivity index (χ0v) is 15.1. The van der Waals surface area contributed by atoms with E-state index in [4.69, 9.17) is 0 Å². The van der Waals surface area contributed by atoms with Crippen LogP contribution in [0.2, 0.25) is 0 Å². The first-order valence-corrected chi connectivity index (χ1v) is 9.14. The predicted molar refractivity (Wildman–Crippen MR) is 96.2 cm³/mol. The average Bonchev–Trinajstić information content (AvgIpc) is 3.09. The zero-order chi connectivity index (χ0) is 16.8. The number of nitrogens with zero attached hydrogens (tertiary/aromatic N) is 2. The van der Waals surface area contributed by atoms with Gasteiger partial charge < -0.3 is 10.6 Å². The van der Waals surface area contributed by atoms with Crippen molar-refractivity contribution in [3.8, 4) is 11.4 Å². The third kappa shape index (κ3) is 4.88. The molecule has 1 aromatic carbocycles. The van der Waals surface area contributed by atoms with Crippen LogP contribution in [0.5, 0.6) is 0 Å². The van der Waals surface area contributed by atoms with Crippen molar-refractivity contribution in [1.29, 1.82) is 0 Å². The van der Waals surface area contributed by atoms with Crippen LogP contribution in [0.4, 0.5) is 0 Å². The largest absolute Gasteiger partial charge is 0.349 e. The average molecular weight is 392 g/mol. The van der Waals surface area contributed by atoms with E-state index in [0.29, 0.717) is 30.5 Å². The van der Waals surface area contributed by atoms with E-state index in [1.807, 2.05) is 24.3 Å². The molecule has 24 heavy (non-hydrogen) atoms. The van der Waals surface area contributed by atoms with Crippen LogP contribution in [0.15, 0.2) is 28.7 Å². The maximum Gasteiger partial charge on any atom is 0.220 e. The molecule has 0 spiro atoms. The number of rotatable bonds is 6. The molecule has 128 valence electrons. The Hall–Kier alpha value is -1.73. The van der Waals surface area contributed by atoms with E-state index in [0.717, 1.165) is 29.5 Å².